The Bertz CT molecular complexity index is 1880. The van der Waals surface area contributed by atoms with Crippen LogP contribution in [0.4, 0.5) is 19.0 Å². The molecule has 7 rings (SSSR count). The van der Waals surface area contributed by atoms with Crippen LogP contribution in [-0.4, -0.2) is 62.4 Å². The number of nitrogen functional groups attached to an aromatic ring is 1. The fraction of sp³-hybridized carbons (Fsp3) is 0.258. The average molecular weight is 589 g/mol. The van der Waals surface area contributed by atoms with Crippen molar-refractivity contribution in [3.8, 4) is 17.3 Å². The van der Waals surface area contributed by atoms with Gasteiger partial charge in [0.2, 0.25) is 17.4 Å². The molecule has 0 amide bonds. The number of hydrogen-bond acceptors (Lipinski definition) is 7. The van der Waals surface area contributed by atoms with Gasteiger partial charge < -0.3 is 20.2 Å². The molecule has 1 saturated heterocycles. The first-order valence-corrected chi connectivity index (χ1v) is 13.8. The van der Waals surface area contributed by atoms with Crippen molar-refractivity contribution in [3.63, 3.8) is 0 Å². The van der Waals surface area contributed by atoms with E-state index in [0.29, 0.717) is 30.0 Å². The number of alkyl halides is 1. The minimum absolute atomic E-state index is 0.0186. The monoisotopic (exact) mass is 588 g/mol. The van der Waals surface area contributed by atoms with Crippen molar-refractivity contribution in [1.29, 1.82) is 0 Å². The standard InChI is InChI=1S/C31H27F3N6O3/c1-17-9-27(43-29-22(32)3-2-4-23(29)33)36-12-26(17)40-30(35)20(11-37-40)28(41)25-10-19-21-13-39(14-31(34)15-42-16-31)8-7-18(21)5-6-24(19)38-25/h2-6,9-12,38H,7-8,13-16,35H2,1H3. The Hall–Kier alpha value is -4.68. The van der Waals surface area contributed by atoms with Crippen LogP contribution >= 0.6 is 0 Å². The Balaban J connectivity index is 1.14. The van der Waals surface area contributed by atoms with Crippen LogP contribution in [0.25, 0.3) is 16.6 Å². The van der Waals surface area contributed by atoms with Gasteiger partial charge in [0.05, 0.1) is 42.6 Å². The number of aromatic amines is 1. The van der Waals surface area contributed by atoms with E-state index in [4.69, 9.17) is 15.2 Å². The Morgan fingerprint density at radius 3 is 2.67 bits per heavy atom. The highest BCUT2D eigenvalue weighted by atomic mass is 19.1. The van der Waals surface area contributed by atoms with Gasteiger partial charge in [0.15, 0.2) is 17.3 Å². The van der Waals surface area contributed by atoms with E-state index in [1.54, 1.807) is 6.92 Å². The third-order valence-electron chi connectivity index (χ3n) is 8.03. The van der Waals surface area contributed by atoms with E-state index in [2.05, 4.69) is 20.0 Å². The Morgan fingerprint density at radius 2 is 1.95 bits per heavy atom. The predicted molar refractivity (Wildman–Crippen MR) is 152 cm³/mol. The number of ketones is 1. The number of aryl methyl sites for hydroxylation is 1. The second-order valence-electron chi connectivity index (χ2n) is 11.1. The molecule has 5 heterocycles. The lowest BCUT2D eigenvalue weighted by atomic mass is 9.94. The molecule has 0 saturated carbocycles. The summed E-state index contributed by atoms with van der Waals surface area (Å²) >= 11 is 0. The number of fused-ring (bicyclic) bond motifs is 3. The minimum atomic E-state index is -1.30. The number of aromatic nitrogens is 4. The summed E-state index contributed by atoms with van der Waals surface area (Å²) in [5.41, 5.74) is 9.76. The van der Waals surface area contributed by atoms with Crippen LogP contribution in [0.1, 0.15) is 32.7 Å². The summed E-state index contributed by atoms with van der Waals surface area (Å²) in [6.45, 7) is 3.64. The molecule has 0 atom stereocenters. The molecule has 5 aromatic rings. The van der Waals surface area contributed by atoms with Crippen LogP contribution in [-0.2, 0) is 17.7 Å². The first kappa shape index (κ1) is 27.2. The van der Waals surface area contributed by atoms with Crippen molar-refractivity contribution in [2.24, 2.45) is 0 Å². The minimum Gasteiger partial charge on any atom is -0.433 e. The van der Waals surface area contributed by atoms with Gasteiger partial charge in [-0.1, -0.05) is 12.1 Å². The molecule has 0 aliphatic carbocycles. The first-order chi connectivity index (χ1) is 20.7. The van der Waals surface area contributed by atoms with Crippen molar-refractivity contribution in [3.05, 3.63) is 94.4 Å². The lowest BCUT2D eigenvalue weighted by molar-refractivity contribution is -0.142. The van der Waals surface area contributed by atoms with Crippen LogP contribution in [0, 0.1) is 18.6 Å². The number of para-hydroxylation sites is 1. The van der Waals surface area contributed by atoms with Gasteiger partial charge in [-0.2, -0.15) is 5.10 Å². The summed E-state index contributed by atoms with van der Waals surface area (Å²) in [7, 11) is 0. The molecule has 3 aromatic heterocycles. The van der Waals surface area contributed by atoms with Gasteiger partial charge in [0.1, 0.15) is 5.82 Å². The van der Waals surface area contributed by atoms with Gasteiger partial charge in [-0.05, 0) is 54.3 Å². The molecule has 0 radical (unpaired) electrons. The van der Waals surface area contributed by atoms with E-state index < -0.39 is 23.1 Å². The molecule has 2 aromatic carbocycles. The predicted octanol–water partition coefficient (Wildman–Crippen LogP) is 5.04. The maximum Gasteiger partial charge on any atom is 0.219 e. The number of rotatable bonds is 7. The highest BCUT2D eigenvalue weighted by Crippen LogP contribution is 2.33. The fourth-order valence-electron chi connectivity index (χ4n) is 5.74. The Labute approximate surface area is 244 Å². The number of pyridine rings is 1. The van der Waals surface area contributed by atoms with E-state index in [1.807, 2.05) is 18.2 Å². The van der Waals surface area contributed by atoms with Gasteiger partial charge in [0, 0.05) is 36.6 Å². The van der Waals surface area contributed by atoms with Crippen LogP contribution in [0.2, 0.25) is 0 Å². The number of ether oxygens (including phenoxy) is 2. The number of halogens is 3. The molecule has 1 fully saturated rings. The third-order valence-corrected chi connectivity index (χ3v) is 8.03. The van der Waals surface area contributed by atoms with Crippen molar-refractivity contribution in [2.45, 2.75) is 25.6 Å². The molecule has 220 valence electrons. The number of anilines is 1. The van der Waals surface area contributed by atoms with E-state index in [-0.39, 0.29) is 36.3 Å². The van der Waals surface area contributed by atoms with Gasteiger partial charge in [0.25, 0.3) is 0 Å². The number of nitrogens with two attached hydrogens (primary N) is 1. The smallest absolute Gasteiger partial charge is 0.219 e. The molecule has 3 N–H and O–H groups in total. The third kappa shape index (κ3) is 4.82. The second-order valence-corrected chi connectivity index (χ2v) is 11.1. The largest absolute Gasteiger partial charge is 0.433 e. The number of hydrogen-bond donors (Lipinski definition) is 2. The lowest BCUT2D eigenvalue weighted by Gasteiger charge is -2.39. The van der Waals surface area contributed by atoms with Crippen LogP contribution in [0.5, 0.6) is 11.6 Å². The van der Waals surface area contributed by atoms with Gasteiger partial charge >= 0.3 is 0 Å². The molecule has 0 spiro atoms. The van der Waals surface area contributed by atoms with Crippen LogP contribution in [0.15, 0.2) is 54.9 Å². The molecule has 12 heteroatoms. The number of carbonyl (C=O) groups is 1. The summed E-state index contributed by atoms with van der Waals surface area (Å²) in [6.07, 6.45) is 3.59. The molecule has 0 unspecified atom stereocenters. The summed E-state index contributed by atoms with van der Waals surface area (Å²) in [4.78, 5) is 23.1. The molecule has 0 bridgehead atoms. The van der Waals surface area contributed by atoms with Gasteiger partial charge in [-0.25, -0.2) is 22.8 Å². The van der Waals surface area contributed by atoms with E-state index in [9.17, 15) is 18.0 Å². The highest BCUT2D eigenvalue weighted by molar-refractivity contribution is 6.12. The number of nitrogens with zero attached hydrogens (tertiary/aromatic N) is 4. The number of carbonyl (C=O) groups excluding carboxylic acids is 1. The molecule has 9 nitrogen and oxygen atoms in total. The van der Waals surface area contributed by atoms with Crippen molar-refractivity contribution in [2.75, 3.05) is 32.0 Å². The van der Waals surface area contributed by atoms with Gasteiger partial charge in [-0.15, -0.1) is 0 Å². The van der Waals surface area contributed by atoms with E-state index >= 15 is 0 Å². The zero-order chi connectivity index (χ0) is 29.9. The zero-order valence-corrected chi connectivity index (χ0v) is 23.2. The molecule has 2 aliphatic rings. The van der Waals surface area contributed by atoms with Crippen molar-refractivity contribution >= 4 is 22.5 Å². The SMILES string of the molecule is Cc1cc(Oc2c(F)cccc2F)ncc1-n1ncc(C(=O)c2cc3c4c(ccc3[nH]2)CCN(CC2(F)COC2)C4)c1N. The molecular weight excluding hydrogens is 561 g/mol. The molecule has 2 aliphatic heterocycles. The Kier molecular flexibility index (Phi) is 6.47. The number of benzene rings is 2. The maximum atomic E-state index is 14.7. The van der Waals surface area contributed by atoms with Crippen LogP contribution in [0.3, 0.4) is 0 Å². The highest BCUT2D eigenvalue weighted by Gasteiger charge is 2.41. The van der Waals surface area contributed by atoms with E-state index in [0.717, 1.165) is 41.6 Å². The van der Waals surface area contributed by atoms with Crippen LogP contribution < -0.4 is 10.5 Å². The normalized spacial score (nSPS) is 16.2. The quantitative estimate of drug-likeness (QED) is 0.257. The lowest BCUT2D eigenvalue weighted by Crippen LogP contribution is -2.54. The summed E-state index contributed by atoms with van der Waals surface area (Å²) in [5, 5.41) is 5.23. The van der Waals surface area contributed by atoms with E-state index in [1.165, 1.54) is 34.8 Å². The fourth-order valence-corrected chi connectivity index (χ4v) is 5.74. The van der Waals surface area contributed by atoms with Crippen molar-refractivity contribution in [1.82, 2.24) is 24.6 Å². The maximum absolute atomic E-state index is 14.7. The summed E-state index contributed by atoms with van der Waals surface area (Å²) in [6, 6.07) is 10.7. The van der Waals surface area contributed by atoms with Gasteiger partial charge in [-0.3, -0.25) is 9.69 Å². The average Bonchev–Trinajstić information content (AvgIpc) is 3.58. The summed E-state index contributed by atoms with van der Waals surface area (Å²) < 4.78 is 54.6. The molecular formula is C31H27F3N6O3. The Morgan fingerprint density at radius 1 is 1.16 bits per heavy atom. The molecule has 43 heavy (non-hydrogen) atoms. The topological polar surface area (TPSA) is 111 Å². The summed E-state index contributed by atoms with van der Waals surface area (Å²) in [5.74, 6) is -2.51. The second kappa shape index (κ2) is 10.2. The zero-order valence-electron chi connectivity index (χ0n) is 23.2. The van der Waals surface area contributed by atoms with Crippen molar-refractivity contribution < 1.29 is 27.4 Å². The first-order valence-electron chi connectivity index (χ1n) is 13.8. The number of H-pyrrole nitrogens is 1. The number of nitrogens with one attached hydrogen (secondary N) is 1.